The van der Waals surface area contributed by atoms with Crippen molar-refractivity contribution in [3.8, 4) is 0 Å². The molecule has 0 aliphatic rings. The van der Waals surface area contributed by atoms with Gasteiger partial charge in [-0.15, -0.1) is 11.3 Å². The van der Waals surface area contributed by atoms with Crippen LogP contribution in [-0.4, -0.2) is 24.5 Å². The molecule has 0 aliphatic carbocycles. The van der Waals surface area contributed by atoms with Crippen molar-refractivity contribution >= 4 is 34.8 Å². The van der Waals surface area contributed by atoms with Crippen molar-refractivity contribution in [3.05, 3.63) is 33.5 Å². The fraction of sp³-hybridized carbons (Fsp3) is 0.467. The Morgan fingerprint density at radius 2 is 2.14 bits per heavy atom. The topological polar surface area (TPSA) is 55.4 Å². The van der Waals surface area contributed by atoms with Gasteiger partial charge in [-0.25, -0.2) is 4.79 Å². The number of carbonyl (C=O) groups excluding carboxylic acids is 2. The second kappa shape index (κ2) is 7.61. The first-order valence-corrected chi connectivity index (χ1v) is 7.89. The van der Waals surface area contributed by atoms with Gasteiger partial charge >= 0.3 is 5.97 Å². The third-order valence-electron chi connectivity index (χ3n) is 2.41. The fourth-order valence-corrected chi connectivity index (χ4v) is 2.42. The number of amides is 1. The maximum atomic E-state index is 12.1. The van der Waals surface area contributed by atoms with Crippen molar-refractivity contribution in [3.63, 3.8) is 0 Å². The lowest BCUT2D eigenvalue weighted by Gasteiger charge is -2.16. The number of rotatable bonds is 5. The monoisotopic (exact) mass is 329 g/mol. The summed E-state index contributed by atoms with van der Waals surface area (Å²) in [5.41, 5.74) is -0.0955. The summed E-state index contributed by atoms with van der Waals surface area (Å²) in [5.74, 6) is -0.822. The van der Waals surface area contributed by atoms with Crippen molar-refractivity contribution in [2.45, 2.75) is 33.7 Å². The molecule has 0 aromatic carbocycles. The second-order valence-electron chi connectivity index (χ2n) is 5.56. The van der Waals surface area contributed by atoms with Crippen LogP contribution in [0.4, 0.5) is 0 Å². The first-order valence-electron chi connectivity index (χ1n) is 6.64. The highest BCUT2D eigenvalue weighted by Crippen LogP contribution is 2.19. The highest BCUT2D eigenvalue weighted by molar-refractivity contribution is 7.12. The number of nitrogens with one attached hydrogen (secondary N) is 1. The van der Waals surface area contributed by atoms with Crippen molar-refractivity contribution in [1.29, 1.82) is 0 Å². The summed E-state index contributed by atoms with van der Waals surface area (Å²) in [6.45, 7) is 8.01. The van der Waals surface area contributed by atoms with E-state index in [2.05, 4.69) is 5.32 Å². The summed E-state index contributed by atoms with van der Waals surface area (Å²) in [6, 6.07) is 0.759. The molecular weight excluding hydrogens is 310 g/mol. The molecule has 0 radical (unpaired) electrons. The molecule has 1 rings (SSSR count). The van der Waals surface area contributed by atoms with Gasteiger partial charge in [0.1, 0.15) is 6.04 Å². The number of thiophene rings is 1. The average molecular weight is 330 g/mol. The van der Waals surface area contributed by atoms with Gasteiger partial charge in [-0.05, 0) is 18.4 Å². The van der Waals surface area contributed by atoms with Crippen molar-refractivity contribution in [2.75, 3.05) is 6.61 Å². The lowest BCUT2D eigenvalue weighted by Crippen LogP contribution is -2.40. The maximum Gasteiger partial charge on any atom is 0.332 e. The summed E-state index contributed by atoms with van der Waals surface area (Å²) < 4.78 is 4.98. The van der Waals surface area contributed by atoms with E-state index in [1.165, 1.54) is 11.3 Å². The normalized spacial score (nSPS) is 13.2. The predicted octanol–water partition coefficient (Wildman–Crippen LogP) is 3.67. The van der Waals surface area contributed by atoms with Crippen LogP contribution in [0.25, 0.3) is 0 Å². The molecule has 116 valence electrons. The zero-order valence-electron chi connectivity index (χ0n) is 12.6. The SMILES string of the molecule is CCOC(=O)C(/C=C/C(C)(C)C)NC(=O)c1cc(Cl)cs1. The predicted molar refractivity (Wildman–Crippen MR) is 85.8 cm³/mol. The molecule has 1 N–H and O–H groups in total. The quantitative estimate of drug-likeness (QED) is 0.662. The first kappa shape index (κ1) is 17.7. The van der Waals surface area contributed by atoms with E-state index < -0.39 is 12.0 Å². The standard InChI is InChI=1S/C15H20ClNO3S/c1-5-20-14(19)11(6-7-15(2,3)4)17-13(18)12-8-10(16)9-21-12/h6-9,11H,5H2,1-4H3,(H,17,18)/b7-6+. The molecular formula is C15H20ClNO3S. The van der Waals surface area contributed by atoms with E-state index in [0.29, 0.717) is 9.90 Å². The van der Waals surface area contributed by atoms with E-state index in [0.717, 1.165) is 0 Å². The number of allylic oxidation sites excluding steroid dienone is 1. The minimum absolute atomic E-state index is 0.0955. The number of hydrogen-bond acceptors (Lipinski definition) is 4. The van der Waals surface area contributed by atoms with Crippen LogP contribution in [-0.2, 0) is 9.53 Å². The Morgan fingerprint density at radius 3 is 2.62 bits per heavy atom. The van der Waals surface area contributed by atoms with Gasteiger partial charge in [-0.2, -0.15) is 0 Å². The smallest absolute Gasteiger partial charge is 0.332 e. The summed E-state index contributed by atoms with van der Waals surface area (Å²) in [5, 5.41) is 4.83. The van der Waals surface area contributed by atoms with E-state index in [1.54, 1.807) is 24.4 Å². The molecule has 0 fully saturated rings. The van der Waals surface area contributed by atoms with Crippen LogP contribution < -0.4 is 5.32 Å². The lowest BCUT2D eigenvalue weighted by molar-refractivity contribution is -0.144. The van der Waals surface area contributed by atoms with E-state index in [-0.39, 0.29) is 17.9 Å². The zero-order valence-corrected chi connectivity index (χ0v) is 14.2. The Hall–Kier alpha value is -1.33. The zero-order chi connectivity index (χ0) is 16.0. The van der Waals surface area contributed by atoms with Crippen LogP contribution in [0.5, 0.6) is 0 Å². The number of esters is 1. The molecule has 0 saturated carbocycles. The molecule has 21 heavy (non-hydrogen) atoms. The van der Waals surface area contributed by atoms with E-state index in [1.807, 2.05) is 26.8 Å². The van der Waals surface area contributed by atoms with E-state index in [4.69, 9.17) is 16.3 Å². The number of halogens is 1. The van der Waals surface area contributed by atoms with Crippen LogP contribution in [0.2, 0.25) is 5.02 Å². The molecule has 1 heterocycles. The van der Waals surface area contributed by atoms with Crippen molar-refractivity contribution < 1.29 is 14.3 Å². The minimum Gasteiger partial charge on any atom is -0.464 e. The fourth-order valence-electron chi connectivity index (χ4n) is 1.45. The van der Waals surface area contributed by atoms with Gasteiger partial charge in [0, 0.05) is 5.38 Å². The van der Waals surface area contributed by atoms with Gasteiger partial charge in [0.25, 0.3) is 5.91 Å². The third kappa shape index (κ3) is 6.31. The van der Waals surface area contributed by atoms with Crippen molar-refractivity contribution in [2.24, 2.45) is 5.41 Å². The molecule has 1 unspecified atom stereocenters. The molecule has 0 saturated heterocycles. The van der Waals surface area contributed by atoms with Crippen LogP contribution in [0.15, 0.2) is 23.6 Å². The van der Waals surface area contributed by atoms with Crippen LogP contribution >= 0.6 is 22.9 Å². The summed E-state index contributed by atoms with van der Waals surface area (Å²) in [6.07, 6.45) is 3.53. The molecule has 1 amide bonds. The molecule has 1 aromatic rings. The Kier molecular flexibility index (Phi) is 6.42. The Balaban J connectivity index is 2.84. The van der Waals surface area contributed by atoms with Gasteiger partial charge in [-0.1, -0.05) is 44.5 Å². The number of ether oxygens (including phenoxy) is 1. The van der Waals surface area contributed by atoms with Gasteiger partial charge in [0.15, 0.2) is 0 Å². The summed E-state index contributed by atoms with van der Waals surface area (Å²) in [4.78, 5) is 24.5. The van der Waals surface area contributed by atoms with Gasteiger partial charge in [-0.3, -0.25) is 4.79 Å². The van der Waals surface area contributed by atoms with Crippen LogP contribution in [0.1, 0.15) is 37.4 Å². The minimum atomic E-state index is -0.808. The second-order valence-corrected chi connectivity index (χ2v) is 6.91. The largest absolute Gasteiger partial charge is 0.464 e. The highest BCUT2D eigenvalue weighted by atomic mass is 35.5. The van der Waals surface area contributed by atoms with E-state index >= 15 is 0 Å². The van der Waals surface area contributed by atoms with Crippen LogP contribution in [0.3, 0.4) is 0 Å². The van der Waals surface area contributed by atoms with Gasteiger partial charge in [0.2, 0.25) is 0 Å². The average Bonchev–Trinajstić information content (AvgIpc) is 2.80. The molecule has 1 atom stereocenters. The first-order chi connectivity index (χ1) is 9.73. The summed E-state index contributed by atoms with van der Waals surface area (Å²) in [7, 11) is 0. The molecule has 0 bridgehead atoms. The molecule has 0 spiro atoms. The Bertz CT molecular complexity index is 531. The molecule has 6 heteroatoms. The highest BCUT2D eigenvalue weighted by Gasteiger charge is 2.21. The summed E-state index contributed by atoms with van der Waals surface area (Å²) >= 11 is 7.03. The van der Waals surface area contributed by atoms with Gasteiger partial charge < -0.3 is 10.1 Å². The lowest BCUT2D eigenvalue weighted by atomic mass is 9.95. The number of carbonyl (C=O) groups is 2. The third-order valence-corrected chi connectivity index (χ3v) is 3.68. The molecule has 0 aliphatic heterocycles. The van der Waals surface area contributed by atoms with Crippen molar-refractivity contribution in [1.82, 2.24) is 5.32 Å². The number of hydrogen-bond donors (Lipinski definition) is 1. The van der Waals surface area contributed by atoms with E-state index in [9.17, 15) is 9.59 Å². The maximum absolute atomic E-state index is 12.1. The Labute approximate surface area is 134 Å². The molecule has 1 aromatic heterocycles. The van der Waals surface area contributed by atoms with Gasteiger partial charge in [0.05, 0.1) is 16.5 Å². The molecule has 4 nitrogen and oxygen atoms in total. The van der Waals surface area contributed by atoms with Crippen LogP contribution in [0, 0.1) is 5.41 Å². The Morgan fingerprint density at radius 1 is 1.48 bits per heavy atom.